The molecule has 70 valence electrons. The Labute approximate surface area is 76.2 Å². The summed E-state index contributed by atoms with van der Waals surface area (Å²) in [6.45, 7) is 14.0. The predicted molar refractivity (Wildman–Crippen MR) is 54.2 cm³/mol. The molecule has 1 N–H and O–H groups in total. The number of likely N-dealkylation sites (N-methyl/N-ethyl adjacent to an activating group) is 1. The summed E-state index contributed by atoms with van der Waals surface area (Å²) in [5.74, 6) is 0.815. The molecule has 1 saturated carbocycles. The summed E-state index contributed by atoms with van der Waals surface area (Å²) in [5.41, 5.74) is 1.83. The minimum atomic E-state index is 0.546. The maximum atomic E-state index is 4.04. The Morgan fingerprint density at radius 1 is 1.67 bits per heavy atom. The summed E-state index contributed by atoms with van der Waals surface area (Å²) in [6.07, 6.45) is 1.34. The zero-order valence-corrected chi connectivity index (χ0v) is 8.78. The molecular weight excluding hydrogens is 146 g/mol. The Hall–Kier alpha value is -0.300. The van der Waals surface area contributed by atoms with Crippen molar-refractivity contribution in [3.8, 4) is 0 Å². The molecule has 0 aromatic rings. The molecule has 0 radical (unpaired) electrons. The van der Waals surface area contributed by atoms with Crippen molar-refractivity contribution in [2.24, 2.45) is 11.3 Å². The van der Waals surface area contributed by atoms with Gasteiger partial charge in [0.2, 0.25) is 0 Å². The monoisotopic (exact) mass is 167 g/mol. The topological polar surface area (TPSA) is 12.0 Å². The van der Waals surface area contributed by atoms with E-state index in [9.17, 15) is 0 Å². The van der Waals surface area contributed by atoms with E-state index in [1.54, 1.807) is 0 Å². The lowest BCUT2D eigenvalue weighted by Crippen LogP contribution is -2.33. The lowest BCUT2D eigenvalue weighted by Gasteiger charge is -2.19. The van der Waals surface area contributed by atoms with Crippen LogP contribution in [-0.2, 0) is 0 Å². The van der Waals surface area contributed by atoms with Crippen molar-refractivity contribution < 1.29 is 0 Å². The third-order valence-electron chi connectivity index (χ3n) is 2.95. The van der Waals surface area contributed by atoms with Gasteiger partial charge in [0.15, 0.2) is 0 Å². The largest absolute Gasteiger partial charge is 0.310 e. The van der Waals surface area contributed by atoms with Crippen LogP contribution in [0.1, 0.15) is 34.1 Å². The molecular formula is C11H21N. The number of rotatable bonds is 4. The molecule has 0 amide bonds. The molecule has 1 aliphatic rings. The standard InChI is InChI=1S/C11H21N/c1-6-12-10(8(2)3)9-7-11(9,4)5/h9-10,12H,2,6-7H2,1,3-5H3. The Bertz CT molecular complexity index is 181. The molecule has 12 heavy (non-hydrogen) atoms. The van der Waals surface area contributed by atoms with Crippen LogP contribution in [0, 0.1) is 11.3 Å². The van der Waals surface area contributed by atoms with Gasteiger partial charge in [0, 0.05) is 6.04 Å². The molecule has 0 heterocycles. The fourth-order valence-corrected chi connectivity index (χ4v) is 1.96. The Morgan fingerprint density at radius 3 is 2.42 bits per heavy atom. The second-order valence-electron chi connectivity index (χ2n) is 4.68. The van der Waals surface area contributed by atoms with E-state index < -0.39 is 0 Å². The molecule has 1 heteroatoms. The van der Waals surface area contributed by atoms with Crippen LogP contribution in [0.15, 0.2) is 12.2 Å². The summed E-state index contributed by atoms with van der Waals surface area (Å²) in [7, 11) is 0. The Morgan fingerprint density at radius 2 is 2.17 bits per heavy atom. The molecule has 2 unspecified atom stereocenters. The van der Waals surface area contributed by atoms with Gasteiger partial charge in [0.1, 0.15) is 0 Å². The van der Waals surface area contributed by atoms with Crippen LogP contribution >= 0.6 is 0 Å². The summed E-state index contributed by atoms with van der Waals surface area (Å²) in [6, 6.07) is 0.546. The van der Waals surface area contributed by atoms with Crippen molar-refractivity contribution in [2.75, 3.05) is 6.54 Å². The molecule has 0 saturated heterocycles. The van der Waals surface area contributed by atoms with E-state index in [-0.39, 0.29) is 0 Å². The highest BCUT2D eigenvalue weighted by molar-refractivity contribution is 5.14. The van der Waals surface area contributed by atoms with Crippen LogP contribution in [0.4, 0.5) is 0 Å². The normalized spacial score (nSPS) is 28.2. The van der Waals surface area contributed by atoms with Gasteiger partial charge in [-0.05, 0) is 31.2 Å². The van der Waals surface area contributed by atoms with Crippen LogP contribution in [0.5, 0.6) is 0 Å². The van der Waals surface area contributed by atoms with Gasteiger partial charge in [0.25, 0.3) is 0 Å². The highest BCUT2D eigenvalue weighted by Crippen LogP contribution is 2.54. The first-order valence-corrected chi connectivity index (χ1v) is 4.88. The fraction of sp³-hybridized carbons (Fsp3) is 0.818. The van der Waals surface area contributed by atoms with Gasteiger partial charge < -0.3 is 5.32 Å². The molecule has 0 spiro atoms. The van der Waals surface area contributed by atoms with Gasteiger partial charge in [-0.2, -0.15) is 0 Å². The lowest BCUT2D eigenvalue weighted by atomic mass is 9.99. The molecule has 0 aliphatic heterocycles. The van der Waals surface area contributed by atoms with Gasteiger partial charge in [-0.3, -0.25) is 0 Å². The quantitative estimate of drug-likeness (QED) is 0.635. The van der Waals surface area contributed by atoms with Crippen LogP contribution in [0.25, 0.3) is 0 Å². The van der Waals surface area contributed by atoms with Gasteiger partial charge in [-0.1, -0.05) is 32.9 Å². The van der Waals surface area contributed by atoms with Crippen LogP contribution in [0.3, 0.4) is 0 Å². The Balaban J connectivity index is 2.51. The number of hydrogen-bond acceptors (Lipinski definition) is 1. The lowest BCUT2D eigenvalue weighted by molar-refractivity contribution is 0.452. The second-order valence-corrected chi connectivity index (χ2v) is 4.68. The first-order valence-electron chi connectivity index (χ1n) is 4.88. The van der Waals surface area contributed by atoms with Gasteiger partial charge >= 0.3 is 0 Å². The van der Waals surface area contributed by atoms with Crippen molar-refractivity contribution in [2.45, 2.75) is 40.2 Å². The minimum Gasteiger partial charge on any atom is -0.310 e. The summed E-state index contributed by atoms with van der Waals surface area (Å²) >= 11 is 0. The molecule has 1 fully saturated rings. The maximum Gasteiger partial charge on any atom is 0.0307 e. The second kappa shape index (κ2) is 3.21. The first-order chi connectivity index (χ1) is 5.49. The van der Waals surface area contributed by atoms with Gasteiger partial charge in [-0.15, -0.1) is 0 Å². The predicted octanol–water partition coefficient (Wildman–Crippen LogP) is 2.59. The summed E-state index contributed by atoms with van der Waals surface area (Å²) in [4.78, 5) is 0. The van der Waals surface area contributed by atoms with Crippen LogP contribution in [-0.4, -0.2) is 12.6 Å². The highest BCUT2D eigenvalue weighted by Gasteiger charge is 2.49. The highest BCUT2D eigenvalue weighted by atomic mass is 14.9. The third kappa shape index (κ3) is 1.89. The third-order valence-corrected chi connectivity index (χ3v) is 2.95. The molecule has 0 bridgehead atoms. The van der Waals surface area contributed by atoms with E-state index in [1.807, 2.05) is 0 Å². The number of nitrogens with one attached hydrogen (secondary N) is 1. The summed E-state index contributed by atoms with van der Waals surface area (Å²) in [5, 5.41) is 3.50. The molecule has 1 aliphatic carbocycles. The van der Waals surface area contributed by atoms with Crippen LogP contribution < -0.4 is 5.32 Å². The molecule has 0 aromatic carbocycles. The first kappa shape index (κ1) is 9.79. The van der Waals surface area contributed by atoms with Crippen molar-refractivity contribution in [1.29, 1.82) is 0 Å². The van der Waals surface area contributed by atoms with E-state index in [2.05, 4.69) is 39.6 Å². The molecule has 0 aromatic heterocycles. The average Bonchev–Trinajstić information content (AvgIpc) is 2.54. The van der Waals surface area contributed by atoms with Crippen molar-refractivity contribution in [3.05, 3.63) is 12.2 Å². The van der Waals surface area contributed by atoms with Crippen LogP contribution in [0.2, 0.25) is 0 Å². The van der Waals surface area contributed by atoms with E-state index in [0.29, 0.717) is 11.5 Å². The van der Waals surface area contributed by atoms with Gasteiger partial charge in [-0.25, -0.2) is 0 Å². The van der Waals surface area contributed by atoms with E-state index in [1.165, 1.54) is 12.0 Å². The zero-order chi connectivity index (χ0) is 9.35. The van der Waals surface area contributed by atoms with E-state index in [0.717, 1.165) is 12.5 Å². The molecule has 1 nitrogen and oxygen atoms in total. The maximum absolute atomic E-state index is 4.04. The molecule has 1 rings (SSSR count). The minimum absolute atomic E-state index is 0.546. The smallest absolute Gasteiger partial charge is 0.0307 e. The zero-order valence-electron chi connectivity index (χ0n) is 8.78. The summed E-state index contributed by atoms with van der Waals surface area (Å²) < 4.78 is 0. The average molecular weight is 167 g/mol. The van der Waals surface area contributed by atoms with E-state index >= 15 is 0 Å². The number of hydrogen-bond donors (Lipinski definition) is 1. The Kier molecular flexibility index (Phi) is 2.62. The van der Waals surface area contributed by atoms with Crippen molar-refractivity contribution >= 4 is 0 Å². The fourth-order valence-electron chi connectivity index (χ4n) is 1.96. The van der Waals surface area contributed by atoms with Crippen molar-refractivity contribution in [1.82, 2.24) is 5.32 Å². The van der Waals surface area contributed by atoms with Crippen molar-refractivity contribution in [3.63, 3.8) is 0 Å². The molecule has 2 atom stereocenters. The SMILES string of the molecule is C=C(C)C(NCC)C1CC1(C)C. The van der Waals surface area contributed by atoms with E-state index in [4.69, 9.17) is 0 Å². The van der Waals surface area contributed by atoms with Gasteiger partial charge in [0.05, 0.1) is 0 Å².